The van der Waals surface area contributed by atoms with Gasteiger partial charge in [0.1, 0.15) is 5.75 Å². The summed E-state index contributed by atoms with van der Waals surface area (Å²) in [7, 11) is -1.92. The van der Waals surface area contributed by atoms with Gasteiger partial charge in [-0.25, -0.2) is 8.42 Å². The lowest BCUT2D eigenvalue weighted by molar-refractivity contribution is -0.122. The number of rotatable bonds is 8. The molecule has 6 nitrogen and oxygen atoms in total. The van der Waals surface area contributed by atoms with Crippen LogP contribution in [0.2, 0.25) is 0 Å². The van der Waals surface area contributed by atoms with E-state index in [0.29, 0.717) is 0 Å². The number of nitrogens with one attached hydrogen (secondary N) is 1. The number of benzene rings is 2. The lowest BCUT2D eigenvalue weighted by atomic mass is 10.1. The van der Waals surface area contributed by atoms with Gasteiger partial charge in [-0.05, 0) is 30.2 Å². The molecule has 2 aromatic rings. The molecule has 0 aliphatic rings. The van der Waals surface area contributed by atoms with Crippen LogP contribution < -0.4 is 10.1 Å². The summed E-state index contributed by atoms with van der Waals surface area (Å²) in [4.78, 5) is 12.4. The van der Waals surface area contributed by atoms with Crippen LogP contribution in [0.3, 0.4) is 0 Å². The van der Waals surface area contributed by atoms with E-state index >= 15 is 0 Å². The van der Waals surface area contributed by atoms with Gasteiger partial charge < -0.3 is 10.1 Å². The first-order valence-corrected chi connectivity index (χ1v) is 10.1. The Morgan fingerprint density at radius 3 is 2.27 bits per heavy atom. The minimum absolute atomic E-state index is 0.157. The van der Waals surface area contributed by atoms with Gasteiger partial charge in [-0.1, -0.05) is 42.5 Å². The molecular weight excluding hydrogens is 352 g/mol. The Bertz CT molecular complexity index is 820. The highest BCUT2D eigenvalue weighted by Crippen LogP contribution is 2.17. The molecule has 2 aromatic carbocycles. The van der Waals surface area contributed by atoms with E-state index in [1.54, 1.807) is 7.11 Å². The predicted octanol–water partition coefficient (Wildman–Crippen LogP) is 2.33. The van der Waals surface area contributed by atoms with Crippen molar-refractivity contribution in [2.75, 3.05) is 19.9 Å². The van der Waals surface area contributed by atoms with Gasteiger partial charge >= 0.3 is 0 Å². The lowest BCUT2D eigenvalue weighted by Gasteiger charge is -2.21. The molecule has 0 heterocycles. The summed E-state index contributed by atoms with van der Waals surface area (Å²) >= 11 is 0. The summed E-state index contributed by atoms with van der Waals surface area (Å²) < 4.78 is 30.3. The van der Waals surface area contributed by atoms with Gasteiger partial charge in [-0.3, -0.25) is 4.79 Å². The molecule has 0 bridgehead atoms. The predicted molar refractivity (Wildman–Crippen MR) is 101 cm³/mol. The van der Waals surface area contributed by atoms with Gasteiger partial charge in [0.15, 0.2) is 0 Å². The Hall–Kier alpha value is -2.38. The molecule has 1 N–H and O–H groups in total. The molecule has 0 aliphatic carbocycles. The zero-order chi connectivity index (χ0) is 19.2. The number of nitrogens with zero attached hydrogens (tertiary/aromatic N) is 1. The largest absolute Gasteiger partial charge is 0.497 e. The second-order valence-electron chi connectivity index (χ2n) is 6.08. The molecule has 0 aromatic heterocycles. The lowest BCUT2D eigenvalue weighted by Crippen LogP contribution is -2.40. The van der Waals surface area contributed by atoms with Gasteiger partial charge in [0.05, 0.1) is 26.0 Å². The van der Waals surface area contributed by atoms with Crippen molar-refractivity contribution in [3.8, 4) is 5.75 Å². The third-order valence-corrected chi connectivity index (χ3v) is 5.18. The van der Waals surface area contributed by atoms with Crippen LogP contribution in [0.5, 0.6) is 5.75 Å². The zero-order valence-corrected chi connectivity index (χ0v) is 16.0. The van der Waals surface area contributed by atoms with Crippen LogP contribution in [-0.4, -0.2) is 38.5 Å². The Morgan fingerprint density at radius 2 is 1.73 bits per heavy atom. The Kier molecular flexibility index (Phi) is 6.76. The van der Waals surface area contributed by atoms with Crippen molar-refractivity contribution in [1.29, 1.82) is 0 Å². The first kappa shape index (κ1) is 19.9. The summed E-state index contributed by atoms with van der Waals surface area (Å²) in [5.41, 5.74) is 1.74. The van der Waals surface area contributed by atoms with Crippen molar-refractivity contribution in [3.63, 3.8) is 0 Å². The van der Waals surface area contributed by atoms with Crippen molar-refractivity contribution < 1.29 is 17.9 Å². The van der Waals surface area contributed by atoms with Crippen molar-refractivity contribution in [2.45, 2.75) is 19.5 Å². The second kappa shape index (κ2) is 8.82. The first-order valence-electron chi connectivity index (χ1n) is 8.22. The standard InChI is InChI=1S/C19H24N2O4S/c1-15(17-9-11-18(25-2)12-10-17)20-19(22)14-21(26(3,23)24)13-16-7-5-4-6-8-16/h4-12,15H,13-14H2,1-3H3,(H,20,22)/t15-/m1/s1. The van der Waals surface area contributed by atoms with Crippen molar-refractivity contribution in [1.82, 2.24) is 9.62 Å². The molecule has 140 valence electrons. The molecule has 2 rings (SSSR count). The molecule has 1 amide bonds. The number of ether oxygens (including phenoxy) is 1. The van der Waals surface area contributed by atoms with Crippen LogP contribution in [0.25, 0.3) is 0 Å². The highest BCUT2D eigenvalue weighted by Gasteiger charge is 2.21. The summed E-state index contributed by atoms with van der Waals surface area (Å²) in [6.45, 7) is 1.78. The molecule has 0 aliphatic heterocycles. The zero-order valence-electron chi connectivity index (χ0n) is 15.2. The first-order chi connectivity index (χ1) is 12.3. The summed E-state index contributed by atoms with van der Waals surface area (Å²) in [6.07, 6.45) is 1.11. The molecule has 0 saturated heterocycles. The third kappa shape index (κ3) is 5.86. The second-order valence-corrected chi connectivity index (χ2v) is 8.06. The maximum Gasteiger partial charge on any atom is 0.235 e. The fourth-order valence-corrected chi connectivity index (χ4v) is 3.24. The average molecular weight is 376 g/mol. The maximum atomic E-state index is 12.4. The van der Waals surface area contributed by atoms with Gasteiger partial charge in [0.2, 0.25) is 15.9 Å². The van der Waals surface area contributed by atoms with Gasteiger partial charge in [0, 0.05) is 6.54 Å². The third-order valence-electron chi connectivity index (χ3n) is 3.98. The minimum Gasteiger partial charge on any atom is -0.497 e. The molecule has 0 saturated carbocycles. The normalized spacial score (nSPS) is 12.6. The maximum absolute atomic E-state index is 12.4. The van der Waals surface area contributed by atoms with Crippen molar-refractivity contribution in [3.05, 3.63) is 65.7 Å². The number of carbonyl (C=O) groups excluding carboxylic acids is 1. The molecule has 0 unspecified atom stereocenters. The Labute approximate surface area is 154 Å². The Balaban J connectivity index is 2.02. The van der Waals surface area contributed by atoms with Crippen LogP contribution in [0.15, 0.2) is 54.6 Å². The average Bonchev–Trinajstić information content (AvgIpc) is 2.61. The number of hydrogen-bond donors (Lipinski definition) is 1. The topological polar surface area (TPSA) is 75.7 Å². The highest BCUT2D eigenvalue weighted by molar-refractivity contribution is 7.88. The van der Waals surface area contributed by atoms with Crippen LogP contribution >= 0.6 is 0 Å². The molecule has 0 spiro atoms. The van der Waals surface area contributed by atoms with Gasteiger partial charge in [-0.2, -0.15) is 4.31 Å². The molecule has 7 heteroatoms. The number of carbonyl (C=O) groups is 1. The van der Waals surface area contributed by atoms with Crippen LogP contribution in [-0.2, 0) is 21.4 Å². The van der Waals surface area contributed by atoms with Crippen molar-refractivity contribution in [2.24, 2.45) is 0 Å². The molecule has 26 heavy (non-hydrogen) atoms. The van der Waals surface area contributed by atoms with E-state index in [0.717, 1.165) is 23.1 Å². The number of amides is 1. The fourth-order valence-electron chi connectivity index (χ4n) is 2.50. The van der Waals surface area contributed by atoms with Crippen molar-refractivity contribution >= 4 is 15.9 Å². The number of hydrogen-bond acceptors (Lipinski definition) is 4. The van der Waals surface area contributed by atoms with Crippen LogP contribution in [0, 0.1) is 0 Å². The van der Waals surface area contributed by atoms with E-state index in [9.17, 15) is 13.2 Å². The Morgan fingerprint density at radius 1 is 1.12 bits per heavy atom. The minimum atomic E-state index is -3.51. The molecule has 0 radical (unpaired) electrons. The summed E-state index contributed by atoms with van der Waals surface area (Å²) in [5, 5.41) is 2.84. The van der Waals surface area contributed by atoms with E-state index in [-0.39, 0.29) is 25.0 Å². The summed E-state index contributed by atoms with van der Waals surface area (Å²) in [5.74, 6) is 0.382. The highest BCUT2D eigenvalue weighted by atomic mass is 32.2. The number of sulfonamides is 1. The van der Waals surface area contributed by atoms with E-state index in [1.165, 1.54) is 4.31 Å². The van der Waals surface area contributed by atoms with E-state index in [2.05, 4.69) is 5.32 Å². The molecular formula is C19H24N2O4S. The van der Waals surface area contributed by atoms with E-state index < -0.39 is 10.0 Å². The van der Waals surface area contributed by atoms with Gasteiger partial charge in [0.25, 0.3) is 0 Å². The monoisotopic (exact) mass is 376 g/mol. The SMILES string of the molecule is COc1ccc([C@@H](C)NC(=O)CN(Cc2ccccc2)S(C)(=O)=O)cc1. The van der Waals surface area contributed by atoms with Gasteiger partial charge in [-0.15, -0.1) is 0 Å². The smallest absolute Gasteiger partial charge is 0.235 e. The quantitative estimate of drug-likeness (QED) is 0.767. The molecule has 0 fully saturated rings. The van der Waals surface area contributed by atoms with Crippen LogP contribution in [0.4, 0.5) is 0 Å². The van der Waals surface area contributed by atoms with E-state index in [4.69, 9.17) is 4.74 Å². The fraction of sp³-hybridized carbons (Fsp3) is 0.316. The molecule has 1 atom stereocenters. The summed E-state index contributed by atoms with van der Waals surface area (Å²) in [6, 6.07) is 16.3. The van der Waals surface area contributed by atoms with E-state index in [1.807, 2.05) is 61.5 Å². The number of methoxy groups -OCH3 is 1. The van der Waals surface area contributed by atoms with Crippen LogP contribution in [0.1, 0.15) is 24.1 Å².